The van der Waals surface area contributed by atoms with Gasteiger partial charge in [0.1, 0.15) is 5.82 Å². The van der Waals surface area contributed by atoms with Gasteiger partial charge in [0.05, 0.1) is 23.3 Å². The van der Waals surface area contributed by atoms with Gasteiger partial charge in [-0.05, 0) is 23.8 Å². The molecule has 0 unspecified atom stereocenters. The molecule has 0 spiro atoms. The number of anilines is 3. The lowest BCUT2D eigenvalue weighted by Crippen LogP contribution is -2.13. The molecule has 2 heterocycles. The number of aromatic nitrogens is 4. The maximum Gasteiger partial charge on any atom is 0.165 e. The van der Waals surface area contributed by atoms with E-state index in [1.807, 2.05) is 30.3 Å². The molecule has 0 amide bonds. The third-order valence-corrected chi connectivity index (χ3v) is 3.20. The Labute approximate surface area is 126 Å². The summed E-state index contributed by atoms with van der Waals surface area (Å²) in [6.07, 6.45) is 2.18. The first kappa shape index (κ1) is 13.8. The number of pyridine rings is 1. The molecular formula is C14H16N8. The van der Waals surface area contributed by atoms with Gasteiger partial charge in [-0.2, -0.15) is 15.0 Å². The first-order valence-electron chi connectivity index (χ1n) is 6.65. The number of benzene rings is 1. The topological polar surface area (TPSA) is 134 Å². The Morgan fingerprint density at radius 3 is 2.64 bits per heavy atom. The number of hydrogen-bond donors (Lipinski definition) is 4. The van der Waals surface area contributed by atoms with Crippen molar-refractivity contribution in [3.05, 3.63) is 53.9 Å². The number of rotatable bonds is 4. The van der Waals surface area contributed by atoms with E-state index in [2.05, 4.69) is 20.6 Å². The van der Waals surface area contributed by atoms with Gasteiger partial charge >= 0.3 is 0 Å². The van der Waals surface area contributed by atoms with Crippen molar-refractivity contribution in [2.75, 3.05) is 16.9 Å². The van der Waals surface area contributed by atoms with E-state index in [1.54, 1.807) is 17.1 Å². The van der Waals surface area contributed by atoms with E-state index in [0.717, 1.165) is 16.9 Å². The highest BCUT2D eigenvalue weighted by Crippen LogP contribution is 2.24. The lowest BCUT2D eigenvalue weighted by molar-refractivity contribution is 0.741. The molecule has 112 valence electrons. The Balaban J connectivity index is 1.89. The van der Waals surface area contributed by atoms with Crippen molar-refractivity contribution in [3.8, 4) is 5.69 Å². The van der Waals surface area contributed by atoms with Gasteiger partial charge < -0.3 is 16.9 Å². The molecule has 0 atom stereocenters. The van der Waals surface area contributed by atoms with Crippen LogP contribution in [0.5, 0.6) is 0 Å². The number of nitrogen functional groups attached to an aromatic ring is 3. The van der Waals surface area contributed by atoms with Crippen LogP contribution >= 0.6 is 0 Å². The van der Waals surface area contributed by atoms with Gasteiger partial charge in [0.15, 0.2) is 5.82 Å². The normalized spacial score (nSPS) is 10.6. The van der Waals surface area contributed by atoms with Crippen LogP contribution < -0.4 is 22.7 Å². The Morgan fingerprint density at radius 2 is 1.91 bits per heavy atom. The summed E-state index contributed by atoms with van der Waals surface area (Å²) < 4.78 is 0. The molecule has 1 aromatic carbocycles. The summed E-state index contributed by atoms with van der Waals surface area (Å²) in [5.74, 6) is 6.07. The van der Waals surface area contributed by atoms with Crippen molar-refractivity contribution in [2.24, 2.45) is 5.84 Å². The molecule has 0 aliphatic heterocycles. The zero-order valence-corrected chi connectivity index (χ0v) is 11.8. The van der Waals surface area contributed by atoms with E-state index in [-0.39, 0.29) is 0 Å². The number of hydrogen-bond acceptors (Lipinski definition) is 7. The van der Waals surface area contributed by atoms with Crippen LogP contribution in [0.15, 0.2) is 42.6 Å². The van der Waals surface area contributed by atoms with Crippen LogP contribution in [-0.2, 0) is 6.42 Å². The van der Waals surface area contributed by atoms with E-state index >= 15 is 0 Å². The summed E-state index contributed by atoms with van der Waals surface area (Å²) >= 11 is 0. The lowest BCUT2D eigenvalue weighted by Gasteiger charge is -2.09. The molecule has 0 saturated heterocycles. The fraction of sp³-hybridized carbons (Fsp3) is 0.0714. The molecule has 2 aromatic heterocycles. The second-order valence-corrected chi connectivity index (χ2v) is 4.75. The first-order valence-corrected chi connectivity index (χ1v) is 6.65. The van der Waals surface area contributed by atoms with E-state index in [9.17, 15) is 0 Å². The maximum atomic E-state index is 6.01. The van der Waals surface area contributed by atoms with Crippen LogP contribution in [0.4, 0.5) is 17.3 Å². The fourth-order valence-electron chi connectivity index (χ4n) is 2.14. The predicted octanol–water partition coefficient (Wildman–Crippen LogP) is 0.703. The molecule has 3 rings (SSSR count). The minimum atomic E-state index is 0.340. The summed E-state index contributed by atoms with van der Waals surface area (Å²) in [6, 6.07) is 11.4. The Kier molecular flexibility index (Phi) is 3.58. The van der Waals surface area contributed by atoms with Crippen LogP contribution in [0.3, 0.4) is 0 Å². The van der Waals surface area contributed by atoms with Gasteiger partial charge in [-0.25, -0.2) is 10.8 Å². The summed E-state index contributed by atoms with van der Waals surface area (Å²) in [7, 11) is 0. The molecular weight excluding hydrogens is 280 g/mol. The van der Waals surface area contributed by atoms with Gasteiger partial charge in [0, 0.05) is 6.42 Å². The average Bonchev–Trinajstić information content (AvgIpc) is 3.00. The first-order chi connectivity index (χ1) is 10.7. The van der Waals surface area contributed by atoms with Crippen LogP contribution in [0.1, 0.15) is 11.3 Å². The van der Waals surface area contributed by atoms with Crippen LogP contribution in [0.2, 0.25) is 0 Å². The molecule has 0 saturated carbocycles. The van der Waals surface area contributed by atoms with Gasteiger partial charge in [0.25, 0.3) is 0 Å². The number of para-hydroxylation sites is 1. The number of nitrogens with one attached hydrogen (secondary N) is 1. The van der Waals surface area contributed by atoms with Crippen molar-refractivity contribution in [3.63, 3.8) is 0 Å². The van der Waals surface area contributed by atoms with Crippen molar-refractivity contribution < 1.29 is 0 Å². The molecule has 0 radical (unpaired) electrons. The number of nitrogens with zero attached hydrogens (tertiary/aromatic N) is 4. The second kappa shape index (κ2) is 5.70. The van der Waals surface area contributed by atoms with Crippen molar-refractivity contribution in [2.45, 2.75) is 6.42 Å². The SMILES string of the molecule is NNc1nc(N)cc(Cc2cnn(-c3ccccc3)n2)c1N. The zero-order chi connectivity index (χ0) is 15.5. The predicted molar refractivity (Wildman–Crippen MR) is 85.0 cm³/mol. The fourth-order valence-corrected chi connectivity index (χ4v) is 2.14. The van der Waals surface area contributed by atoms with E-state index in [1.165, 1.54) is 0 Å². The molecule has 8 nitrogen and oxygen atoms in total. The minimum absolute atomic E-state index is 0.340. The van der Waals surface area contributed by atoms with Crippen molar-refractivity contribution in [1.29, 1.82) is 0 Å². The second-order valence-electron chi connectivity index (χ2n) is 4.75. The highest BCUT2D eigenvalue weighted by Gasteiger charge is 2.11. The molecule has 3 aromatic rings. The maximum absolute atomic E-state index is 6.01. The van der Waals surface area contributed by atoms with E-state index < -0.39 is 0 Å². The van der Waals surface area contributed by atoms with Crippen molar-refractivity contribution >= 4 is 17.3 Å². The summed E-state index contributed by atoms with van der Waals surface area (Å²) in [5.41, 5.74) is 17.1. The van der Waals surface area contributed by atoms with Gasteiger partial charge in [-0.1, -0.05) is 18.2 Å². The summed E-state index contributed by atoms with van der Waals surface area (Å²) in [4.78, 5) is 5.59. The molecule has 22 heavy (non-hydrogen) atoms. The molecule has 0 aliphatic carbocycles. The standard InChI is InChI=1S/C14H16N8/c15-12-7-9(13(16)14(19-12)20-17)6-10-8-18-22(21-10)11-4-2-1-3-5-11/h1-5,7-8H,6,16-17H2,(H3,15,19,20). The number of hydrazine groups is 1. The lowest BCUT2D eigenvalue weighted by atomic mass is 10.1. The Morgan fingerprint density at radius 1 is 1.14 bits per heavy atom. The molecule has 7 N–H and O–H groups in total. The molecule has 0 bridgehead atoms. The highest BCUT2D eigenvalue weighted by molar-refractivity contribution is 5.68. The third-order valence-electron chi connectivity index (χ3n) is 3.20. The summed E-state index contributed by atoms with van der Waals surface area (Å²) in [5, 5.41) is 8.69. The third kappa shape index (κ3) is 2.67. The van der Waals surface area contributed by atoms with E-state index in [4.69, 9.17) is 17.3 Å². The van der Waals surface area contributed by atoms with Gasteiger partial charge in [-0.15, -0.1) is 0 Å². The average molecular weight is 296 g/mol. The Hall–Kier alpha value is -3.13. The zero-order valence-electron chi connectivity index (χ0n) is 11.8. The molecule has 0 aliphatic rings. The highest BCUT2D eigenvalue weighted by atomic mass is 15.5. The van der Waals surface area contributed by atoms with Crippen LogP contribution in [0, 0.1) is 0 Å². The largest absolute Gasteiger partial charge is 0.395 e. The van der Waals surface area contributed by atoms with Gasteiger partial charge in [0.2, 0.25) is 0 Å². The van der Waals surface area contributed by atoms with Crippen LogP contribution in [0.25, 0.3) is 5.69 Å². The monoisotopic (exact) mass is 296 g/mol. The molecule has 8 heteroatoms. The van der Waals surface area contributed by atoms with E-state index in [0.29, 0.717) is 23.7 Å². The summed E-state index contributed by atoms with van der Waals surface area (Å²) in [6.45, 7) is 0. The van der Waals surface area contributed by atoms with Gasteiger partial charge in [-0.3, -0.25) is 0 Å². The Bertz CT molecular complexity index is 781. The quantitative estimate of drug-likeness (QED) is 0.411. The number of nitrogens with two attached hydrogens (primary N) is 3. The molecule has 0 fully saturated rings. The van der Waals surface area contributed by atoms with Crippen LogP contribution in [-0.4, -0.2) is 20.0 Å². The van der Waals surface area contributed by atoms with Crippen molar-refractivity contribution in [1.82, 2.24) is 20.0 Å². The minimum Gasteiger partial charge on any atom is -0.395 e. The smallest absolute Gasteiger partial charge is 0.165 e.